The standard InChI is InChI=1S/C12H13N5O3/c1-8(12(19)20-2)14-11(18)9-4-3-5-10(6-9)17-7-13-15-16-17/h3-8H,1-2H3,(H,14,18)/t8-/m0/s1. The normalized spacial score (nSPS) is 11.7. The van der Waals surface area contributed by atoms with Gasteiger partial charge < -0.3 is 10.1 Å². The second-order valence-corrected chi connectivity index (χ2v) is 4.02. The largest absolute Gasteiger partial charge is 0.467 e. The van der Waals surface area contributed by atoms with Crippen molar-refractivity contribution in [2.24, 2.45) is 0 Å². The molecule has 8 heteroatoms. The number of nitrogens with zero attached hydrogens (tertiary/aromatic N) is 4. The molecule has 0 bridgehead atoms. The highest BCUT2D eigenvalue weighted by molar-refractivity contribution is 5.97. The highest BCUT2D eigenvalue weighted by Crippen LogP contribution is 2.09. The van der Waals surface area contributed by atoms with Gasteiger partial charge in [0.15, 0.2) is 0 Å². The number of methoxy groups -OCH3 is 1. The van der Waals surface area contributed by atoms with E-state index in [9.17, 15) is 9.59 Å². The molecule has 2 rings (SSSR count). The van der Waals surface area contributed by atoms with E-state index in [1.165, 1.54) is 18.1 Å². The molecule has 0 fully saturated rings. The molecule has 1 aromatic heterocycles. The first kappa shape index (κ1) is 13.7. The predicted molar refractivity (Wildman–Crippen MR) is 68.1 cm³/mol. The molecule has 0 aliphatic rings. The van der Waals surface area contributed by atoms with Crippen LogP contribution < -0.4 is 5.32 Å². The third-order valence-electron chi connectivity index (χ3n) is 2.62. The van der Waals surface area contributed by atoms with Crippen molar-refractivity contribution in [3.05, 3.63) is 36.2 Å². The van der Waals surface area contributed by atoms with Crippen LogP contribution in [0.2, 0.25) is 0 Å². The summed E-state index contributed by atoms with van der Waals surface area (Å²) in [7, 11) is 1.27. The molecule has 0 aliphatic heterocycles. The fourth-order valence-corrected chi connectivity index (χ4v) is 1.58. The lowest BCUT2D eigenvalue weighted by Gasteiger charge is -2.11. The van der Waals surface area contributed by atoms with Crippen molar-refractivity contribution in [1.82, 2.24) is 25.5 Å². The van der Waals surface area contributed by atoms with Gasteiger partial charge in [-0.25, -0.2) is 9.48 Å². The molecular formula is C12H13N5O3. The Bertz CT molecular complexity index is 611. The number of esters is 1. The molecular weight excluding hydrogens is 262 g/mol. The van der Waals surface area contributed by atoms with Crippen LogP contribution in [0.3, 0.4) is 0 Å². The average Bonchev–Trinajstić information content (AvgIpc) is 3.00. The Labute approximate surface area is 114 Å². The zero-order chi connectivity index (χ0) is 14.5. The Morgan fingerprint density at radius 3 is 2.85 bits per heavy atom. The quantitative estimate of drug-likeness (QED) is 0.786. The minimum atomic E-state index is -0.718. The van der Waals surface area contributed by atoms with Crippen LogP contribution in [0.15, 0.2) is 30.6 Å². The van der Waals surface area contributed by atoms with E-state index in [0.29, 0.717) is 11.3 Å². The van der Waals surface area contributed by atoms with E-state index in [4.69, 9.17) is 0 Å². The molecule has 0 unspecified atom stereocenters. The molecule has 0 spiro atoms. The zero-order valence-electron chi connectivity index (χ0n) is 11.0. The Hall–Kier alpha value is -2.77. The maximum atomic E-state index is 12.0. The van der Waals surface area contributed by atoms with Crippen LogP contribution >= 0.6 is 0 Å². The molecule has 0 saturated heterocycles. The second kappa shape index (κ2) is 5.91. The number of benzene rings is 1. The summed E-state index contributed by atoms with van der Waals surface area (Å²) in [5, 5.41) is 13.3. The lowest BCUT2D eigenvalue weighted by molar-refractivity contribution is -0.142. The molecule has 1 amide bonds. The summed E-state index contributed by atoms with van der Waals surface area (Å²) in [6, 6.07) is 6.00. The first-order valence-electron chi connectivity index (χ1n) is 5.84. The SMILES string of the molecule is COC(=O)[C@H](C)NC(=O)c1cccc(-n2cnnn2)c1. The van der Waals surface area contributed by atoms with Crippen molar-refractivity contribution in [2.75, 3.05) is 7.11 Å². The fourth-order valence-electron chi connectivity index (χ4n) is 1.58. The van der Waals surface area contributed by atoms with Crippen molar-refractivity contribution in [1.29, 1.82) is 0 Å². The third-order valence-corrected chi connectivity index (χ3v) is 2.62. The van der Waals surface area contributed by atoms with Crippen LogP contribution in [0.5, 0.6) is 0 Å². The van der Waals surface area contributed by atoms with Crippen LogP contribution in [-0.4, -0.2) is 45.2 Å². The number of hydrogen-bond donors (Lipinski definition) is 1. The zero-order valence-corrected chi connectivity index (χ0v) is 11.0. The van der Waals surface area contributed by atoms with Gasteiger partial charge in [0.1, 0.15) is 12.4 Å². The summed E-state index contributed by atoms with van der Waals surface area (Å²) in [6.07, 6.45) is 1.42. The van der Waals surface area contributed by atoms with Gasteiger partial charge in [0, 0.05) is 5.56 Å². The van der Waals surface area contributed by atoms with Crippen LogP contribution in [-0.2, 0) is 9.53 Å². The molecule has 1 atom stereocenters. The summed E-state index contributed by atoms with van der Waals surface area (Å²) in [4.78, 5) is 23.3. The van der Waals surface area contributed by atoms with E-state index in [0.717, 1.165) is 0 Å². The Kier molecular flexibility index (Phi) is 4.04. The van der Waals surface area contributed by atoms with Gasteiger partial charge in [-0.2, -0.15) is 0 Å². The van der Waals surface area contributed by atoms with Gasteiger partial charge in [-0.15, -0.1) is 5.10 Å². The van der Waals surface area contributed by atoms with Crippen LogP contribution in [0.1, 0.15) is 17.3 Å². The van der Waals surface area contributed by atoms with Gasteiger partial charge in [0.05, 0.1) is 12.8 Å². The first-order valence-corrected chi connectivity index (χ1v) is 5.84. The number of nitrogens with one attached hydrogen (secondary N) is 1. The molecule has 20 heavy (non-hydrogen) atoms. The Morgan fingerprint density at radius 1 is 1.40 bits per heavy atom. The monoisotopic (exact) mass is 275 g/mol. The number of ether oxygens (including phenoxy) is 1. The van der Waals surface area contributed by atoms with Gasteiger partial charge in [-0.3, -0.25) is 4.79 Å². The van der Waals surface area contributed by atoms with Crippen LogP contribution in [0.25, 0.3) is 5.69 Å². The van der Waals surface area contributed by atoms with E-state index < -0.39 is 12.0 Å². The summed E-state index contributed by atoms with van der Waals surface area (Å²) < 4.78 is 5.98. The van der Waals surface area contributed by atoms with Crippen molar-refractivity contribution in [2.45, 2.75) is 13.0 Å². The van der Waals surface area contributed by atoms with Crippen molar-refractivity contribution in [3.63, 3.8) is 0 Å². The molecule has 1 aromatic carbocycles. The predicted octanol–water partition coefficient (Wildman–Crippen LogP) is -0.0464. The smallest absolute Gasteiger partial charge is 0.328 e. The van der Waals surface area contributed by atoms with E-state index in [1.54, 1.807) is 31.2 Å². The van der Waals surface area contributed by atoms with Gasteiger partial charge in [0.2, 0.25) is 0 Å². The topological polar surface area (TPSA) is 99.0 Å². The average molecular weight is 275 g/mol. The lowest BCUT2D eigenvalue weighted by atomic mass is 10.1. The third kappa shape index (κ3) is 2.97. The summed E-state index contributed by atoms with van der Waals surface area (Å²) in [6.45, 7) is 1.55. The van der Waals surface area contributed by atoms with E-state index >= 15 is 0 Å². The maximum absolute atomic E-state index is 12.0. The number of aromatic nitrogens is 4. The van der Waals surface area contributed by atoms with Gasteiger partial charge >= 0.3 is 5.97 Å². The number of hydrogen-bond acceptors (Lipinski definition) is 6. The van der Waals surface area contributed by atoms with E-state index in [1.807, 2.05) is 0 Å². The fraction of sp³-hybridized carbons (Fsp3) is 0.250. The first-order chi connectivity index (χ1) is 9.61. The van der Waals surface area contributed by atoms with E-state index in [2.05, 4.69) is 25.6 Å². The second-order valence-electron chi connectivity index (χ2n) is 4.02. The highest BCUT2D eigenvalue weighted by Gasteiger charge is 2.17. The molecule has 1 N–H and O–H groups in total. The summed E-state index contributed by atoms with van der Waals surface area (Å²) in [5.74, 6) is -0.882. The summed E-state index contributed by atoms with van der Waals surface area (Å²) in [5.41, 5.74) is 1.04. The molecule has 0 saturated carbocycles. The van der Waals surface area contributed by atoms with Crippen molar-refractivity contribution < 1.29 is 14.3 Å². The van der Waals surface area contributed by atoms with Crippen molar-refractivity contribution >= 4 is 11.9 Å². The molecule has 104 valence electrons. The van der Waals surface area contributed by atoms with Crippen molar-refractivity contribution in [3.8, 4) is 5.69 Å². The summed E-state index contributed by atoms with van der Waals surface area (Å²) >= 11 is 0. The molecule has 0 radical (unpaired) electrons. The molecule has 2 aromatic rings. The number of carbonyl (C=O) groups is 2. The number of amides is 1. The molecule has 1 heterocycles. The van der Waals surface area contributed by atoms with Gasteiger partial charge in [0.25, 0.3) is 5.91 Å². The lowest BCUT2D eigenvalue weighted by Crippen LogP contribution is -2.39. The van der Waals surface area contributed by atoms with Crippen LogP contribution in [0.4, 0.5) is 0 Å². The van der Waals surface area contributed by atoms with Crippen LogP contribution in [0, 0.1) is 0 Å². The maximum Gasteiger partial charge on any atom is 0.328 e. The Balaban J connectivity index is 2.15. The van der Waals surface area contributed by atoms with Gasteiger partial charge in [-0.05, 0) is 35.5 Å². The highest BCUT2D eigenvalue weighted by atomic mass is 16.5. The number of tetrazole rings is 1. The number of carbonyl (C=O) groups excluding carboxylic acids is 2. The number of rotatable bonds is 4. The minimum absolute atomic E-state index is 0.377. The van der Waals surface area contributed by atoms with Gasteiger partial charge in [-0.1, -0.05) is 6.07 Å². The minimum Gasteiger partial charge on any atom is -0.467 e. The molecule has 0 aliphatic carbocycles. The van der Waals surface area contributed by atoms with E-state index in [-0.39, 0.29) is 5.91 Å². The molecule has 8 nitrogen and oxygen atoms in total. The Morgan fingerprint density at radius 2 is 2.20 bits per heavy atom.